The number of rotatable bonds is 3. The van der Waals surface area contributed by atoms with Crippen LogP contribution in [0, 0.1) is 6.92 Å². The van der Waals surface area contributed by atoms with E-state index in [-0.39, 0.29) is 0 Å². The Hall–Kier alpha value is -2.80. The first kappa shape index (κ1) is 13.8. The van der Waals surface area contributed by atoms with Crippen molar-refractivity contribution in [2.45, 2.75) is 26.8 Å². The number of hydrogen-bond donors (Lipinski definition) is 2. The fraction of sp³-hybridized carbons (Fsp3) is 0.250. The first-order valence-corrected chi connectivity index (χ1v) is 7.47. The predicted octanol–water partition coefficient (Wildman–Crippen LogP) is 3.36. The van der Waals surface area contributed by atoms with Crippen molar-refractivity contribution in [3.8, 4) is 22.8 Å². The van der Waals surface area contributed by atoms with Gasteiger partial charge < -0.3 is 14.4 Å². The van der Waals surface area contributed by atoms with Gasteiger partial charge in [-0.2, -0.15) is 4.98 Å². The third-order valence-electron chi connectivity index (χ3n) is 3.86. The lowest BCUT2D eigenvalue weighted by atomic mass is 10.1. The molecule has 0 amide bonds. The van der Waals surface area contributed by atoms with Crippen LogP contribution >= 0.6 is 0 Å². The van der Waals surface area contributed by atoms with E-state index in [1.54, 1.807) is 6.26 Å². The Bertz CT molecular complexity index is 852. The number of benzene rings is 1. The van der Waals surface area contributed by atoms with Gasteiger partial charge in [-0.05, 0) is 45.0 Å². The van der Waals surface area contributed by atoms with Crippen molar-refractivity contribution in [2.75, 3.05) is 10.4 Å². The zero-order valence-electron chi connectivity index (χ0n) is 13.1. The molecule has 3 heterocycles. The molecule has 23 heavy (non-hydrogen) atoms. The molecule has 2 aromatic heterocycles. The van der Waals surface area contributed by atoms with E-state index in [0.717, 1.165) is 28.3 Å². The summed E-state index contributed by atoms with van der Waals surface area (Å²) in [6.07, 6.45) is 1.62. The number of aryl methyl sites for hydroxylation is 1. The molecule has 0 atom stereocenters. The summed E-state index contributed by atoms with van der Waals surface area (Å²) in [4.78, 5) is 4.46. The maximum absolute atomic E-state index is 5.40. The highest BCUT2D eigenvalue weighted by atomic mass is 16.5. The van der Waals surface area contributed by atoms with Gasteiger partial charge in [0, 0.05) is 11.6 Å². The molecule has 0 saturated heterocycles. The number of hydrogen-bond acceptors (Lipinski definition) is 7. The normalized spacial score (nSPS) is 13.5. The highest BCUT2D eigenvalue weighted by Crippen LogP contribution is 2.34. The number of furan rings is 1. The number of hydrazine groups is 2. The molecule has 4 rings (SSSR count). The first-order valence-electron chi connectivity index (χ1n) is 7.47. The van der Waals surface area contributed by atoms with Crippen LogP contribution in [0.4, 0.5) is 11.4 Å². The monoisotopic (exact) mass is 311 g/mol. The molecule has 7 heteroatoms. The lowest BCUT2D eigenvalue weighted by molar-refractivity contribution is 0.432. The number of nitrogens with one attached hydrogen (secondary N) is 2. The summed E-state index contributed by atoms with van der Waals surface area (Å²) in [6.45, 7) is 6.11. The van der Waals surface area contributed by atoms with Crippen molar-refractivity contribution in [1.82, 2.24) is 15.7 Å². The fourth-order valence-electron chi connectivity index (χ4n) is 2.63. The smallest absolute Gasteiger partial charge is 0.258 e. The Morgan fingerprint density at radius 1 is 1.22 bits per heavy atom. The van der Waals surface area contributed by atoms with Crippen LogP contribution in [0.3, 0.4) is 0 Å². The van der Waals surface area contributed by atoms with Gasteiger partial charge in [-0.25, -0.2) is 0 Å². The zero-order chi connectivity index (χ0) is 16.0. The summed E-state index contributed by atoms with van der Waals surface area (Å²) in [7, 11) is 0. The van der Waals surface area contributed by atoms with Gasteiger partial charge in [0.1, 0.15) is 5.76 Å². The molecule has 1 aliphatic rings. The van der Waals surface area contributed by atoms with Crippen LogP contribution in [-0.2, 0) is 0 Å². The summed E-state index contributed by atoms with van der Waals surface area (Å²) in [5.41, 5.74) is 10.1. The van der Waals surface area contributed by atoms with Crippen LogP contribution in [0.2, 0.25) is 0 Å². The van der Waals surface area contributed by atoms with Gasteiger partial charge in [-0.3, -0.25) is 5.01 Å². The Balaban J connectivity index is 1.68. The molecule has 0 radical (unpaired) electrons. The second-order valence-corrected chi connectivity index (χ2v) is 5.75. The maximum atomic E-state index is 5.40. The number of anilines is 2. The molecule has 0 fully saturated rings. The standard InChI is InChI=1S/C16H17N5O2/c1-9(2)21-14-5-4-11(8-13(14)18-20-21)16-17-15(19-23-16)12-6-7-22-10(12)3/h4-9,18,20H,1-3H3. The van der Waals surface area contributed by atoms with Crippen molar-refractivity contribution >= 4 is 11.4 Å². The van der Waals surface area contributed by atoms with Gasteiger partial charge in [0.05, 0.1) is 23.2 Å². The number of aromatic nitrogens is 2. The number of fused-ring (bicyclic) bond motifs is 1. The minimum Gasteiger partial charge on any atom is -0.469 e. The largest absolute Gasteiger partial charge is 0.469 e. The molecule has 0 aliphatic carbocycles. The van der Waals surface area contributed by atoms with E-state index >= 15 is 0 Å². The lowest BCUT2D eigenvalue weighted by Gasteiger charge is -2.21. The molecule has 0 saturated carbocycles. The molecule has 118 valence electrons. The van der Waals surface area contributed by atoms with Gasteiger partial charge in [0.2, 0.25) is 5.82 Å². The second kappa shape index (κ2) is 5.13. The predicted molar refractivity (Wildman–Crippen MR) is 86.5 cm³/mol. The van der Waals surface area contributed by atoms with E-state index in [2.05, 4.69) is 40.0 Å². The SMILES string of the molecule is Cc1occc1-c1noc(-c2ccc3c(c2)NNN3C(C)C)n1. The van der Waals surface area contributed by atoms with Crippen molar-refractivity contribution in [2.24, 2.45) is 0 Å². The van der Waals surface area contributed by atoms with E-state index in [4.69, 9.17) is 8.94 Å². The van der Waals surface area contributed by atoms with Gasteiger partial charge in [-0.15, -0.1) is 5.53 Å². The van der Waals surface area contributed by atoms with E-state index in [1.807, 2.05) is 31.2 Å². The first-order chi connectivity index (χ1) is 11.1. The molecule has 7 nitrogen and oxygen atoms in total. The van der Waals surface area contributed by atoms with Crippen LogP contribution in [0.15, 0.2) is 39.5 Å². The summed E-state index contributed by atoms with van der Waals surface area (Å²) >= 11 is 0. The van der Waals surface area contributed by atoms with E-state index in [0.29, 0.717) is 17.8 Å². The topological polar surface area (TPSA) is 79.4 Å². The Kier molecular flexibility index (Phi) is 3.09. The van der Waals surface area contributed by atoms with Crippen molar-refractivity contribution in [3.05, 3.63) is 36.3 Å². The van der Waals surface area contributed by atoms with Crippen molar-refractivity contribution < 1.29 is 8.94 Å². The fourth-order valence-corrected chi connectivity index (χ4v) is 2.63. The average molecular weight is 311 g/mol. The third-order valence-corrected chi connectivity index (χ3v) is 3.86. The van der Waals surface area contributed by atoms with Gasteiger partial charge >= 0.3 is 0 Å². The molecule has 3 aromatic rings. The minimum absolute atomic E-state index is 0.341. The molecular formula is C16H17N5O2. The Morgan fingerprint density at radius 3 is 2.83 bits per heavy atom. The lowest BCUT2D eigenvalue weighted by Crippen LogP contribution is -2.41. The molecule has 0 unspecified atom stereocenters. The highest BCUT2D eigenvalue weighted by molar-refractivity contribution is 5.78. The van der Waals surface area contributed by atoms with Crippen molar-refractivity contribution in [1.29, 1.82) is 0 Å². The summed E-state index contributed by atoms with van der Waals surface area (Å²) in [6, 6.07) is 8.17. The minimum atomic E-state index is 0.341. The molecule has 1 aromatic carbocycles. The number of nitrogens with zero attached hydrogens (tertiary/aromatic N) is 3. The maximum Gasteiger partial charge on any atom is 0.258 e. The van der Waals surface area contributed by atoms with E-state index in [9.17, 15) is 0 Å². The molecular weight excluding hydrogens is 294 g/mol. The van der Waals surface area contributed by atoms with E-state index < -0.39 is 0 Å². The summed E-state index contributed by atoms with van der Waals surface area (Å²) < 4.78 is 10.7. The van der Waals surface area contributed by atoms with Crippen LogP contribution in [0.5, 0.6) is 0 Å². The molecule has 2 N–H and O–H groups in total. The van der Waals surface area contributed by atoms with Crippen LogP contribution in [-0.4, -0.2) is 16.2 Å². The third kappa shape index (κ3) is 2.25. The van der Waals surface area contributed by atoms with Crippen LogP contribution in [0.25, 0.3) is 22.8 Å². The molecule has 1 aliphatic heterocycles. The summed E-state index contributed by atoms with van der Waals surface area (Å²) in [5.74, 6) is 1.78. The van der Waals surface area contributed by atoms with Gasteiger partial charge in [0.15, 0.2) is 0 Å². The zero-order valence-corrected chi connectivity index (χ0v) is 13.1. The second-order valence-electron chi connectivity index (χ2n) is 5.75. The van der Waals surface area contributed by atoms with Crippen LogP contribution < -0.4 is 16.0 Å². The molecule has 0 bridgehead atoms. The van der Waals surface area contributed by atoms with E-state index in [1.165, 1.54) is 0 Å². The average Bonchev–Trinajstić information content (AvgIpc) is 3.24. The quantitative estimate of drug-likeness (QED) is 0.767. The van der Waals surface area contributed by atoms with Crippen molar-refractivity contribution in [3.63, 3.8) is 0 Å². The van der Waals surface area contributed by atoms with Crippen LogP contribution in [0.1, 0.15) is 19.6 Å². The van der Waals surface area contributed by atoms with Gasteiger partial charge in [-0.1, -0.05) is 5.16 Å². The Morgan fingerprint density at radius 2 is 2.09 bits per heavy atom. The van der Waals surface area contributed by atoms with Gasteiger partial charge in [0.25, 0.3) is 5.89 Å². The Labute approximate surface area is 133 Å². The molecule has 0 spiro atoms. The highest BCUT2D eigenvalue weighted by Gasteiger charge is 2.22. The summed E-state index contributed by atoms with van der Waals surface area (Å²) in [5, 5.41) is 6.10.